The van der Waals surface area contributed by atoms with E-state index in [9.17, 15) is 19.2 Å². The van der Waals surface area contributed by atoms with Gasteiger partial charge in [-0.05, 0) is 79.6 Å². The Morgan fingerprint density at radius 2 is 1.79 bits per heavy atom. The second kappa shape index (κ2) is 11.6. The van der Waals surface area contributed by atoms with Gasteiger partial charge in [-0.3, -0.25) is 19.7 Å². The van der Waals surface area contributed by atoms with Crippen molar-refractivity contribution in [2.24, 2.45) is 0 Å². The molecule has 3 aromatic rings. The summed E-state index contributed by atoms with van der Waals surface area (Å²) in [5, 5.41) is 5.09. The number of hydrogen-bond acceptors (Lipinski definition) is 6. The number of halogens is 1. The van der Waals surface area contributed by atoms with Crippen molar-refractivity contribution >= 4 is 52.8 Å². The Labute approximate surface area is 224 Å². The van der Waals surface area contributed by atoms with Crippen LogP contribution in [-0.4, -0.2) is 37.0 Å². The minimum atomic E-state index is -0.855. The number of nitrogens with one attached hydrogen (secondary N) is 2. The molecule has 0 unspecified atom stereocenters. The van der Waals surface area contributed by atoms with Gasteiger partial charge in [-0.1, -0.05) is 29.8 Å². The normalized spacial score (nSPS) is 14.3. The Morgan fingerprint density at radius 3 is 2.47 bits per heavy atom. The highest BCUT2D eigenvalue weighted by Gasteiger charge is 2.36. The number of ether oxygens (including phenoxy) is 2. The molecule has 9 nitrogen and oxygen atoms in total. The molecule has 2 N–H and O–H groups in total. The van der Waals surface area contributed by atoms with Crippen LogP contribution < -0.4 is 25.0 Å². The first-order chi connectivity index (χ1) is 18.2. The zero-order chi connectivity index (χ0) is 27.2. The number of rotatable bonds is 8. The van der Waals surface area contributed by atoms with Crippen LogP contribution in [0, 0.1) is 6.92 Å². The summed E-state index contributed by atoms with van der Waals surface area (Å²) < 4.78 is 10.9. The maximum Gasteiger partial charge on any atom is 0.335 e. The van der Waals surface area contributed by atoms with Gasteiger partial charge in [0.25, 0.3) is 17.7 Å². The summed E-state index contributed by atoms with van der Waals surface area (Å²) in [7, 11) is 0. The number of anilines is 2. The molecular formula is C28H24ClN3O6. The van der Waals surface area contributed by atoms with E-state index in [1.165, 1.54) is 18.2 Å². The van der Waals surface area contributed by atoms with Crippen LogP contribution in [0.2, 0.25) is 5.02 Å². The Kier molecular flexibility index (Phi) is 8.08. The van der Waals surface area contributed by atoms with Gasteiger partial charge in [-0.25, -0.2) is 9.69 Å². The molecule has 1 aliphatic heterocycles. The zero-order valence-corrected chi connectivity index (χ0v) is 21.4. The summed E-state index contributed by atoms with van der Waals surface area (Å²) in [4.78, 5) is 51.1. The number of amides is 5. The fourth-order valence-electron chi connectivity index (χ4n) is 3.70. The highest BCUT2D eigenvalue weighted by Crippen LogP contribution is 2.28. The molecule has 1 heterocycles. The SMILES string of the molecule is CCOc1ccc(N2C(=O)NC(=O)/C(=C\c3ccc(OCC(=O)Nc4cccc(C)c4)c(Cl)c3)C2=O)cc1. The molecule has 0 spiro atoms. The summed E-state index contributed by atoms with van der Waals surface area (Å²) >= 11 is 6.32. The minimum Gasteiger partial charge on any atom is -0.494 e. The average molecular weight is 534 g/mol. The van der Waals surface area contributed by atoms with Crippen molar-refractivity contribution in [1.82, 2.24) is 5.32 Å². The highest BCUT2D eigenvalue weighted by molar-refractivity contribution is 6.39. The summed E-state index contributed by atoms with van der Waals surface area (Å²) in [6.45, 7) is 3.96. The number of carbonyl (C=O) groups is 4. The molecule has 0 bridgehead atoms. The standard InChI is InChI=1S/C28H24ClN3O6/c1-3-37-21-10-8-20(9-11-21)32-27(35)22(26(34)31-28(32)36)14-18-7-12-24(23(29)15-18)38-16-25(33)30-19-6-4-5-17(2)13-19/h4-15H,3,16H2,1-2H3,(H,30,33)(H,31,34,36)/b22-14+. The number of barbiturate groups is 1. The van der Waals surface area contributed by atoms with Crippen LogP contribution in [0.4, 0.5) is 16.2 Å². The maximum absolute atomic E-state index is 13.1. The third kappa shape index (κ3) is 6.19. The first-order valence-corrected chi connectivity index (χ1v) is 12.1. The zero-order valence-electron chi connectivity index (χ0n) is 20.6. The van der Waals surface area contributed by atoms with Crippen LogP contribution in [0.1, 0.15) is 18.1 Å². The van der Waals surface area contributed by atoms with Crippen LogP contribution in [0.15, 0.2) is 72.3 Å². The van der Waals surface area contributed by atoms with Crippen LogP contribution in [0.5, 0.6) is 11.5 Å². The van der Waals surface area contributed by atoms with Gasteiger partial charge in [0.1, 0.15) is 17.1 Å². The van der Waals surface area contributed by atoms with Crippen molar-refractivity contribution in [3.8, 4) is 11.5 Å². The molecule has 0 aromatic heterocycles. The van der Waals surface area contributed by atoms with E-state index >= 15 is 0 Å². The number of imide groups is 2. The topological polar surface area (TPSA) is 114 Å². The number of benzene rings is 3. The Bertz CT molecular complexity index is 1430. The van der Waals surface area contributed by atoms with Gasteiger partial charge < -0.3 is 14.8 Å². The molecule has 1 saturated heterocycles. The van der Waals surface area contributed by atoms with Crippen molar-refractivity contribution < 1.29 is 28.7 Å². The summed E-state index contributed by atoms with van der Waals surface area (Å²) in [5.41, 5.74) is 2.11. The van der Waals surface area contributed by atoms with E-state index in [1.54, 1.807) is 36.4 Å². The Balaban J connectivity index is 1.46. The predicted octanol–water partition coefficient (Wildman–Crippen LogP) is 4.73. The van der Waals surface area contributed by atoms with Crippen LogP contribution in [-0.2, 0) is 14.4 Å². The molecule has 3 aromatic carbocycles. The molecule has 0 atom stereocenters. The third-order valence-electron chi connectivity index (χ3n) is 5.44. The third-order valence-corrected chi connectivity index (χ3v) is 5.73. The lowest BCUT2D eigenvalue weighted by Crippen LogP contribution is -2.54. The van der Waals surface area contributed by atoms with Gasteiger partial charge in [-0.15, -0.1) is 0 Å². The van der Waals surface area contributed by atoms with Crippen LogP contribution in [0.3, 0.4) is 0 Å². The second-order valence-corrected chi connectivity index (χ2v) is 8.69. The lowest BCUT2D eigenvalue weighted by atomic mass is 10.1. The number of hydrogen-bond donors (Lipinski definition) is 2. The molecule has 194 valence electrons. The van der Waals surface area contributed by atoms with Crippen LogP contribution in [0.25, 0.3) is 6.08 Å². The van der Waals surface area contributed by atoms with Crippen molar-refractivity contribution in [2.75, 3.05) is 23.4 Å². The fraction of sp³-hybridized carbons (Fsp3) is 0.143. The number of urea groups is 1. The first-order valence-electron chi connectivity index (χ1n) is 11.7. The molecule has 5 amide bonds. The van der Waals surface area contributed by atoms with Crippen molar-refractivity contribution in [1.29, 1.82) is 0 Å². The molecule has 0 radical (unpaired) electrons. The van der Waals surface area contributed by atoms with Gasteiger partial charge in [0.05, 0.1) is 17.3 Å². The number of nitrogens with zero attached hydrogens (tertiary/aromatic N) is 1. The Hall–Kier alpha value is -4.63. The van der Waals surface area contributed by atoms with Gasteiger partial charge in [0.15, 0.2) is 6.61 Å². The van der Waals surface area contributed by atoms with Gasteiger partial charge in [0.2, 0.25) is 0 Å². The highest BCUT2D eigenvalue weighted by atomic mass is 35.5. The fourth-order valence-corrected chi connectivity index (χ4v) is 3.95. The predicted molar refractivity (Wildman–Crippen MR) is 143 cm³/mol. The molecule has 1 fully saturated rings. The molecule has 1 aliphatic rings. The van der Waals surface area contributed by atoms with Gasteiger partial charge in [-0.2, -0.15) is 0 Å². The van der Waals surface area contributed by atoms with Gasteiger partial charge >= 0.3 is 6.03 Å². The molecule has 0 saturated carbocycles. The lowest BCUT2D eigenvalue weighted by Gasteiger charge is -2.26. The first kappa shape index (κ1) is 26.4. The summed E-state index contributed by atoms with van der Waals surface area (Å²) in [5.74, 6) is -1.14. The Morgan fingerprint density at radius 1 is 1.03 bits per heavy atom. The largest absolute Gasteiger partial charge is 0.494 e. The number of aryl methyl sites for hydroxylation is 1. The quantitative estimate of drug-likeness (QED) is 0.319. The van der Waals surface area contributed by atoms with Gasteiger partial charge in [0, 0.05) is 5.69 Å². The molecule has 0 aliphatic carbocycles. The van der Waals surface area contributed by atoms with Crippen molar-refractivity contribution in [2.45, 2.75) is 13.8 Å². The number of carbonyl (C=O) groups excluding carboxylic acids is 4. The van der Waals surface area contributed by atoms with E-state index in [0.29, 0.717) is 23.6 Å². The molecular weight excluding hydrogens is 510 g/mol. The molecule has 4 rings (SSSR count). The van der Waals surface area contributed by atoms with E-state index in [-0.39, 0.29) is 34.5 Å². The smallest absolute Gasteiger partial charge is 0.335 e. The van der Waals surface area contributed by atoms with E-state index in [0.717, 1.165) is 10.5 Å². The van der Waals surface area contributed by atoms with E-state index in [1.807, 2.05) is 32.0 Å². The summed E-state index contributed by atoms with van der Waals surface area (Å²) in [6.07, 6.45) is 1.33. The lowest BCUT2D eigenvalue weighted by molar-refractivity contribution is -0.122. The molecule has 38 heavy (non-hydrogen) atoms. The minimum absolute atomic E-state index is 0.172. The van der Waals surface area contributed by atoms with E-state index in [2.05, 4.69) is 10.6 Å². The molecule has 10 heteroatoms. The van der Waals surface area contributed by atoms with Crippen molar-refractivity contribution in [3.63, 3.8) is 0 Å². The summed E-state index contributed by atoms with van der Waals surface area (Å²) in [6, 6.07) is 17.4. The van der Waals surface area contributed by atoms with E-state index in [4.69, 9.17) is 21.1 Å². The monoisotopic (exact) mass is 533 g/mol. The maximum atomic E-state index is 13.1. The second-order valence-electron chi connectivity index (χ2n) is 8.28. The average Bonchev–Trinajstić information content (AvgIpc) is 2.87. The van der Waals surface area contributed by atoms with Crippen molar-refractivity contribution in [3.05, 3.63) is 88.5 Å². The van der Waals surface area contributed by atoms with Crippen LogP contribution >= 0.6 is 11.6 Å². The van der Waals surface area contributed by atoms with E-state index < -0.39 is 17.8 Å².